The number of nitrogens with one attached hydrogen (secondary N) is 2. The third kappa shape index (κ3) is 5.90. The van der Waals surface area contributed by atoms with Crippen molar-refractivity contribution in [3.8, 4) is 0 Å². The fourth-order valence-electron chi connectivity index (χ4n) is 1.62. The zero-order chi connectivity index (χ0) is 18.5. The number of carbonyl (C=O) groups is 3. The molecule has 0 radical (unpaired) electrons. The molecule has 0 saturated carbocycles. The fraction of sp³-hybridized carbons (Fsp3) is 0.400. The Bertz CT molecular complexity index is 629. The smallest absolute Gasteiger partial charge is 0.416 e. The molecular weight excluding hydrogens is 329 g/mol. The molecule has 3 amide bonds. The van der Waals surface area contributed by atoms with Crippen molar-refractivity contribution in [2.75, 3.05) is 0 Å². The Labute approximate surface area is 136 Å². The predicted molar refractivity (Wildman–Crippen MR) is 78.1 cm³/mol. The van der Waals surface area contributed by atoms with Crippen molar-refractivity contribution in [1.82, 2.24) is 10.6 Å². The van der Waals surface area contributed by atoms with E-state index < -0.39 is 35.8 Å². The van der Waals surface area contributed by atoms with Gasteiger partial charge in [-0.2, -0.15) is 13.2 Å². The Kier molecular flexibility index (Phi) is 6.33. The summed E-state index contributed by atoms with van der Waals surface area (Å²) in [6.45, 7) is 4.56. The molecule has 132 valence electrons. The highest BCUT2D eigenvalue weighted by molar-refractivity contribution is 5.98. The minimum atomic E-state index is -4.60. The molecule has 0 heterocycles. The first-order valence-electron chi connectivity index (χ1n) is 7.00. The number of hydrogen-bond donors (Lipinski definition) is 2. The minimum absolute atomic E-state index is 0.208. The van der Waals surface area contributed by atoms with Gasteiger partial charge in [0.1, 0.15) is 0 Å². The van der Waals surface area contributed by atoms with Crippen LogP contribution in [0.1, 0.15) is 36.7 Å². The number of hydrogen-bond acceptors (Lipinski definition) is 4. The molecule has 0 aliphatic heterocycles. The van der Waals surface area contributed by atoms with Gasteiger partial charge in [-0.05, 0) is 39.0 Å². The molecule has 2 N–H and O–H groups in total. The average molecular weight is 346 g/mol. The number of imide groups is 1. The van der Waals surface area contributed by atoms with Gasteiger partial charge in [0.15, 0.2) is 6.10 Å². The van der Waals surface area contributed by atoms with Gasteiger partial charge < -0.3 is 10.1 Å². The summed E-state index contributed by atoms with van der Waals surface area (Å²) in [6.07, 6.45) is -5.96. The lowest BCUT2D eigenvalue weighted by Gasteiger charge is -2.15. The highest BCUT2D eigenvalue weighted by Crippen LogP contribution is 2.29. The number of ether oxygens (including phenoxy) is 1. The summed E-state index contributed by atoms with van der Waals surface area (Å²) in [7, 11) is 0. The highest BCUT2D eigenvalue weighted by Gasteiger charge is 2.31. The van der Waals surface area contributed by atoms with Gasteiger partial charge in [0.25, 0.3) is 5.91 Å². The van der Waals surface area contributed by atoms with Gasteiger partial charge in [0.2, 0.25) is 0 Å². The van der Waals surface area contributed by atoms with Crippen LogP contribution in [0.25, 0.3) is 0 Å². The third-order valence-corrected chi connectivity index (χ3v) is 2.74. The first kappa shape index (κ1) is 19.5. The molecule has 6 nitrogen and oxygen atoms in total. The van der Waals surface area contributed by atoms with Crippen LogP contribution in [0, 0.1) is 0 Å². The largest absolute Gasteiger partial charge is 0.449 e. The second kappa shape index (κ2) is 7.80. The quantitative estimate of drug-likeness (QED) is 0.821. The Hall–Kier alpha value is -2.58. The summed E-state index contributed by atoms with van der Waals surface area (Å²) in [4.78, 5) is 34.9. The maximum Gasteiger partial charge on any atom is 0.416 e. The van der Waals surface area contributed by atoms with Crippen molar-refractivity contribution in [3.63, 3.8) is 0 Å². The zero-order valence-electron chi connectivity index (χ0n) is 13.2. The van der Waals surface area contributed by atoms with Gasteiger partial charge in [0.05, 0.1) is 11.1 Å². The number of rotatable bonds is 4. The molecule has 0 aliphatic rings. The number of amides is 3. The molecular formula is C15H17F3N2O4. The summed E-state index contributed by atoms with van der Waals surface area (Å²) in [5.74, 6) is -2.00. The van der Waals surface area contributed by atoms with Crippen LogP contribution >= 0.6 is 0 Å². The van der Waals surface area contributed by atoms with Gasteiger partial charge in [-0.25, -0.2) is 9.59 Å². The molecule has 0 aliphatic carbocycles. The van der Waals surface area contributed by atoms with Crippen LogP contribution in [0.5, 0.6) is 0 Å². The Morgan fingerprint density at radius 3 is 2.29 bits per heavy atom. The van der Waals surface area contributed by atoms with Crippen molar-refractivity contribution >= 4 is 17.9 Å². The number of benzene rings is 1. The molecule has 1 rings (SSSR count). The Morgan fingerprint density at radius 1 is 1.12 bits per heavy atom. The molecule has 0 bridgehead atoms. The summed E-state index contributed by atoms with van der Waals surface area (Å²) in [5.41, 5.74) is -1.36. The van der Waals surface area contributed by atoms with Gasteiger partial charge >= 0.3 is 18.2 Å². The summed E-state index contributed by atoms with van der Waals surface area (Å²) >= 11 is 0. The normalized spacial score (nSPS) is 12.5. The Morgan fingerprint density at radius 2 is 1.75 bits per heavy atom. The minimum Gasteiger partial charge on any atom is -0.449 e. The molecule has 9 heteroatoms. The second-order valence-corrected chi connectivity index (χ2v) is 5.24. The second-order valence-electron chi connectivity index (χ2n) is 5.24. The maximum absolute atomic E-state index is 12.6. The van der Waals surface area contributed by atoms with Crippen LogP contribution in [-0.4, -0.2) is 30.1 Å². The van der Waals surface area contributed by atoms with Crippen molar-refractivity contribution in [1.29, 1.82) is 0 Å². The number of carbonyl (C=O) groups excluding carboxylic acids is 3. The van der Waals surface area contributed by atoms with E-state index in [4.69, 9.17) is 4.74 Å². The summed E-state index contributed by atoms with van der Waals surface area (Å²) in [6, 6.07) is 2.65. The van der Waals surface area contributed by atoms with Crippen LogP contribution in [0.4, 0.5) is 18.0 Å². The van der Waals surface area contributed by atoms with Crippen molar-refractivity contribution in [2.24, 2.45) is 0 Å². The van der Waals surface area contributed by atoms with Crippen LogP contribution in [-0.2, 0) is 15.7 Å². The van der Waals surface area contributed by atoms with Gasteiger partial charge in [-0.15, -0.1) is 0 Å². The SMILES string of the molecule is CC(C)NC(=O)NC(=O)C(C)OC(=O)c1cccc(C(F)(F)F)c1. The van der Waals surface area contributed by atoms with E-state index in [0.29, 0.717) is 6.07 Å². The maximum atomic E-state index is 12.6. The van der Waals surface area contributed by atoms with E-state index in [1.807, 2.05) is 5.32 Å². The molecule has 0 fully saturated rings. The van der Waals surface area contributed by atoms with E-state index in [-0.39, 0.29) is 11.6 Å². The average Bonchev–Trinajstić information content (AvgIpc) is 2.45. The van der Waals surface area contributed by atoms with E-state index in [1.54, 1.807) is 13.8 Å². The molecule has 0 saturated heterocycles. The first-order chi connectivity index (χ1) is 11.0. The number of esters is 1. The van der Waals surface area contributed by atoms with E-state index >= 15 is 0 Å². The highest BCUT2D eigenvalue weighted by atomic mass is 19.4. The fourth-order valence-corrected chi connectivity index (χ4v) is 1.62. The molecule has 1 unspecified atom stereocenters. The van der Waals surface area contributed by atoms with Crippen molar-refractivity contribution < 1.29 is 32.3 Å². The van der Waals surface area contributed by atoms with Crippen LogP contribution in [0.15, 0.2) is 24.3 Å². The van der Waals surface area contributed by atoms with Gasteiger partial charge in [0, 0.05) is 6.04 Å². The number of halogens is 3. The summed E-state index contributed by atoms with van der Waals surface area (Å²) < 4.78 is 42.6. The van der Waals surface area contributed by atoms with Crippen LogP contribution in [0.2, 0.25) is 0 Å². The van der Waals surface area contributed by atoms with Crippen molar-refractivity contribution in [3.05, 3.63) is 35.4 Å². The first-order valence-corrected chi connectivity index (χ1v) is 7.00. The standard InChI is InChI=1S/C15H17F3N2O4/c1-8(2)19-14(23)20-12(21)9(3)24-13(22)10-5-4-6-11(7-10)15(16,17)18/h4-9H,1-3H3,(H2,19,20,21,23). The van der Waals surface area contributed by atoms with E-state index in [9.17, 15) is 27.6 Å². The van der Waals surface area contributed by atoms with Crippen molar-refractivity contribution in [2.45, 2.75) is 39.1 Å². The molecule has 1 atom stereocenters. The number of urea groups is 1. The summed E-state index contributed by atoms with van der Waals surface area (Å²) in [5, 5.41) is 4.36. The lowest BCUT2D eigenvalue weighted by Crippen LogP contribution is -2.46. The molecule has 0 spiro atoms. The number of alkyl halides is 3. The lowest BCUT2D eigenvalue weighted by molar-refractivity contribution is -0.137. The molecule has 1 aromatic rings. The third-order valence-electron chi connectivity index (χ3n) is 2.74. The Balaban J connectivity index is 2.70. The molecule has 24 heavy (non-hydrogen) atoms. The van der Waals surface area contributed by atoms with Crippen LogP contribution in [0.3, 0.4) is 0 Å². The van der Waals surface area contributed by atoms with E-state index in [2.05, 4.69) is 5.32 Å². The van der Waals surface area contributed by atoms with Gasteiger partial charge in [-0.3, -0.25) is 10.1 Å². The molecule has 1 aromatic carbocycles. The monoisotopic (exact) mass is 346 g/mol. The molecule has 0 aromatic heterocycles. The van der Waals surface area contributed by atoms with E-state index in [0.717, 1.165) is 18.2 Å². The predicted octanol–water partition coefficient (Wildman–Crippen LogP) is 2.48. The van der Waals surface area contributed by atoms with E-state index in [1.165, 1.54) is 6.92 Å². The van der Waals surface area contributed by atoms with Gasteiger partial charge in [-0.1, -0.05) is 6.07 Å². The van der Waals surface area contributed by atoms with Crippen LogP contribution < -0.4 is 10.6 Å². The zero-order valence-corrected chi connectivity index (χ0v) is 13.2. The lowest BCUT2D eigenvalue weighted by atomic mass is 10.1. The topological polar surface area (TPSA) is 84.5 Å².